The van der Waals surface area contributed by atoms with Gasteiger partial charge in [0.15, 0.2) is 5.69 Å². The van der Waals surface area contributed by atoms with Crippen molar-refractivity contribution >= 4 is 34.2 Å². The average molecular weight is 377 g/mol. The molecule has 1 aliphatic rings. The SMILES string of the molecule is CCOC(=O)c1c(NC(=O)c2ccn(CC(=O)O)n2)sc2c1CCCC2. The van der Waals surface area contributed by atoms with Gasteiger partial charge in [0.2, 0.25) is 0 Å². The molecule has 2 heterocycles. The largest absolute Gasteiger partial charge is 0.480 e. The monoisotopic (exact) mass is 377 g/mol. The van der Waals surface area contributed by atoms with Crippen molar-refractivity contribution in [1.29, 1.82) is 0 Å². The van der Waals surface area contributed by atoms with Crippen LogP contribution in [0.2, 0.25) is 0 Å². The van der Waals surface area contributed by atoms with Gasteiger partial charge >= 0.3 is 11.9 Å². The molecule has 2 N–H and O–H groups in total. The number of carbonyl (C=O) groups is 3. The van der Waals surface area contributed by atoms with E-state index in [4.69, 9.17) is 9.84 Å². The highest BCUT2D eigenvalue weighted by molar-refractivity contribution is 7.17. The number of carbonyl (C=O) groups excluding carboxylic acids is 2. The molecule has 0 radical (unpaired) electrons. The molecular weight excluding hydrogens is 358 g/mol. The van der Waals surface area contributed by atoms with E-state index >= 15 is 0 Å². The van der Waals surface area contributed by atoms with Gasteiger partial charge in [-0.25, -0.2) is 4.79 Å². The zero-order valence-electron chi connectivity index (χ0n) is 14.3. The molecule has 9 heteroatoms. The number of nitrogens with zero attached hydrogens (tertiary/aromatic N) is 2. The lowest BCUT2D eigenvalue weighted by molar-refractivity contribution is -0.137. The number of carboxylic acids is 1. The lowest BCUT2D eigenvalue weighted by Gasteiger charge is -2.12. The van der Waals surface area contributed by atoms with E-state index in [1.807, 2.05) is 0 Å². The maximum atomic E-state index is 12.5. The minimum absolute atomic E-state index is 0.0902. The number of carboxylic acid groups (broad SMARTS) is 1. The van der Waals surface area contributed by atoms with Gasteiger partial charge in [-0.2, -0.15) is 5.10 Å². The molecule has 1 aliphatic carbocycles. The first-order valence-corrected chi connectivity index (χ1v) is 9.19. The summed E-state index contributed by atoms with van der Waals surface area (Å²) in [7, 11) is 0. The molecular formula is C17H19N3O5S. The molecule has 26 heavy (non-hydrogen) atoms. The van der Waals surface area contributed by atoms with Crippen LogP contribution < -0.4 is 5.32 Å². The number of thiophene rings is 1. The summed E-state index contributed by atoms with van der Waals surface area (Å²) in [6.07, 6.45) is 5.17. The predicted molar refractivity (Wildman–Crippen MR) is 94.7 cm³/mol. The second kappa shape index (κ2) is 7.69. The van der Waals surface area contributed by atoms with E-state index in [-0.39, 0.29) is 18.8 Å². The summed E-state index contributed by atoms with van der Waals surface area (Å²) in [4.78, 5) is 36.7. The number of hydrogen-bond acceptors (Lipinski definition) is 6. The van der Waals surface area contributed by atoms with E-state index < -0.39 is 17.8 Å². The Morgan fingerprint density at radius 1 is 1.35 bits per heavy atom. The first kappa shape index (κ1) is 18.1. The molecule has 0 aromatic carbocycles. The summed E-state index contributed by atoms with van der Waals surface area (Å²) >= 11 is 1.40. The zero-order chi connectivity index (χ0) is 18.7. The van der Waals surface area contributed by atoms with Gasteiger partial charge in [-0.05, 0) is 44.2 Å². The van der Waals surface area contributed by atoms with Crippen LogP contribution in [0, 0.1) is 0 Å². The first-order chi connectivity index (χ1) is 12.5. The Morgan fingerprint density at radius 2 is 2.12 bits per heavy atom. The van der Waals surface area contributed by atoms with Crippen LogP contribution in [0.1, 0.15) is 51.1 Å². The predicted octanol–water partition coefficient (Wildman–Crippen LogP) is 2.34. The average Bonchev–Trinajstić information content (AvgIpc) is 3.18. The van der Waals surface area contributed by atoms with Gasteiger partial charge in [-0.1, -0.05) is 0 Å². The highest BCUT2D eigenvalue weighted by atomic mass is 32.1. The molecule has 0 atom stereocenters. The van der Waals surface area contributed by atoms with Crippen LogP contribution in [-0.4, -0.2) is 39.3 Å². The Morgan fingerprint density at radius 3 is 2.85 bits per heavy atom. The number of aromatic nitrogens is 2. The number of esters is 1. The molecule has 8 nitrogen and oxygen atoms in total. The van der Waals surface area contributed by atoms with E-state index in [2.05, 4.69) is 10.4 Å². The number of amides is 1. The van der Waals surface area contributed by atoms with Crippen molar-refractivity contribution in [3.63, 3.8) is 0 Å². The number of aryl methyl sites for hydroxylation is 1. The van der Waals surface area contributed by atoms with E-state index in [1.54, 1.807) is 6.92 Å². The van der Waals surface area contributed by atoms with Gasteiger partial charge in [0.25, 0.3) is 5.91 Å². The molecule has 0 saturated heterocycles. The minimum atomic E-state index is -1.05. The highest BCUT2D eigenvalue weighted by Gasteiger charge is 2.27. The van der Waals surface area contributed by atoms with Crippen LogP contribution in [0.25, 0.3) is 0 Å². The first-order valence-electron chi connectivity index (χ1n) is 8.37. The Balaban J connectivity index is 1.85. The third-order valence-corrected chi connectivity index (χ3v) is 5.26. The third kappa shape index (κ3) is 3.77. The van der Waals surface area contributed by atoms with E-state index in [1.165, 1.54) is 28.3 Å². The molecule has 3 rings (SSSR count). The van der Waals surface area contributed by atoms with Crippen molar-refractivity contribution in [2.24, 2.45) is 0 Å². The molecule has 1 amide bonds. The van der Waals surface area contributed by atoms with Gasteiger partial charge in [0, 0.05) is 11.1 Å². The highest BCUT2D eigenvalue weighted by Crippen LogP contribution is 2.38. The smallest absolute Gasteiger partial charge is 0.341 e. The number of hydrogen-bond donors (Lipinski definition) is 2. The molecule has 0 spiro atoms. The molecule has 0 saturated carbocycles. The molecule has 2 aromatic heterocycles. The van der Waals surface area contributed by atoms with Crippen molar-refractivity contribution < 1.29 is 24.2 Å². The number of fused-ring (bicyclic) bond motifs is 1. The molecule has 0 aliphatic heterocycles. The van der Waals surface area contributed by atoms with Crippen molar-refractivity contribution in [3.05, 3.63) is 34.0 Å². The zero-order valence-corrected chi connectivity index (χ0v) is 15.1. The maximum absolute atomic E-state index is 12.5. The Labute approximate surface area is 153 Å². The normalized spacial score (nSPS) is 13.1. The lowest BCUT2D eigenvalue weighted by atomic mass is 9.95. The van der Waals surface area contributed by atoms with Crippen LogP contribution in [0.5, 0.6) is 0 Å². The van der Waals surface area contributed by atoms with Gasteiger partial charge in [0.05, 0.1) is 12.2 Å². The fourth-order valence-electron chi connectivity index (χ4n) is 2.95. The topological polar surface area (TPSA) is 111 Å². The second-order valence-corrected chi connectivity index (χ2v) is 6.99. The van der Waals surface area contributed by atoms with Crippen molar-refractivity contribution in [2.75, 3.05) is 11.9 Å². The number of ether oxygens (including phenoxy) is 1. The fraction of sp³-hybridized carbons (Fsp3) is 0.412. The Bertz CT molecular complexity index is 855. The summed E-state index contributed by atoms with van der Waals surface area (Å²) in [6.45, 7) is 1.68. The van der Waals surface area contributed by atoms with Crippen LogP contribution in [0.3, 0.4) is 0 Å². The second-order valence-electron chi connectivity index (χ2n) is 5.88. The van der Waals surface area contributed by atoms with E-state index in [9.17, 15) is 14.4 Å². The molecule has 0 unspecified atom stereocenters. The van der Waals surface area contributed by atoms with Crippen LogP contribution >= 0.6 is 11.3 Å². The van der Waals surface area contributed by atoms with Crippen molar-refractivity contribution in [1.82, 2.24) is 9.78 Å². The van der Waals surface area contributed by atoms with Gasteiger partial charge in [0.1, 0.15) is 11.5 Å². The molecule has 0 fully saturated rings. The van der Waals surface area contributed by atoms with Gasteiger partial charge in [-0.15, -0.1) is 11.3 Å². The van der Waals surface area contributed by atoms with Crippen LogP contribution in [0.4, 0.5) is 5.00 Å². The van der Waals surface area contributed by atoms with E-state index in [0.717, 1.165) is 36.1 Å². The molecule has 138 valence electrons. The fourth-order valence-corrected chi connectivity index (χ4v) is 4.22. The van der Waals surface area contributed by atoms with Crippen LogP contribution in [-0.2, 0) is 28.9 Å². The summed E-state index contributed by atoms with van der Waals surface area (Å²) in [5.41, 5.74) is 1.49. The quantitative estimate of drug-likeness (QED) is 0.748. The third-order valence-electron chi connectivity index (χ3n) is 4.05. The summed E-state index contributed by atoms with van der Waals surface area (Å²) in [5, 5.41) is 15.9. The molecule has 2 aromatic rings. The number of rotatable bonds is 6. The lowest BCUT2D eigenvalue weighted by Crippen LogP contribution is -2.17. The summed E-state index contributed by atoms with van der Waals surface area (Å²) in [5.74, 6) is -1.97. The maximum Gasteiger partial charge on any atom is 0.341 e. The molecule has 0 bridgehead atoms. The Hall–Kier alpha value is -2.68. The van der Waals surface area contributed by atoms with E-state index in [0.29, 0.717) is 10.6 Å². The van der Waals surface area contributed by atoms with Gasteiger partial charge < -0.3 is 15.2 Å². The van der Waals surface area contributed by atoms with Crippen molar-refractivity contribution in [3.8, 4) is 0 Å². The number of anilines is 1. The Kier molecular flexibility index (Phi) is 5.36. The minimum Gasteiger partial charge on any atom is -0.480 e. The number of nitrogens with one attached hydrogen (secondary N) is 1. The van der Waals surface area contributed by atoms with Crippen LogP contribution in [0.15, 0.2) is 12.3 Å². The summed E-state index contributed by atoms with van der Waals surface area (Å²) < 4.78 is 6.33. The standard InChI is InChI=1S/C17H19N3O5S/c1-2-25-17(24)14-10-5-3-4-6-12(10)26-16(14)18-15(23)11-7-8-20(19-11)9-13(21)22/h7-8H,2-6,9H2,1H3,(H,18,23)(H,21,22). The van der Waals surface area contributed by atoms with Crippen molar-refractivity contribution in [2.45, 2.75) is 39.2 Å². The summed E-state index contributed by atoms with van der Waals surface area (Å²) in [6, 6.07) is 1.44. The van der Waals surface area contributed by atoms with Gasteiger partial charge in [-0.3, -0.25) is 14.3 Å². The number of aliphatic carboxylic acids is 1.